The maximum Gasteiger partial charge on any atom is 0.320 e. The third-order valence-electron chi connectivity index (χ3n) is 4.63. The number of morpholine rings is 1. The first-order valence-electron chi connectivity index (χ1n) is 9.00. The molecule has 1 aromatic carbocycles. The van der Waals surface area contributed by atoms with Crippen LogP contribution in [0.3, 0.4) is 0 Å². The van der Waals surface area contributed by atoms with Crippen molar-refractivity contribution in [3.05, 3.63) is 48.2 Å². The molecule has 3 N–H and O–H groups in total. The predicted molar refractivity (Wildman–Crippen MR) is 104 cm³/mol. The Morgan fingerprint density at radius 3 is 2.81 bits per heavy atom. The maximum atomic E-state index is 12.3. The Hall–Kier alpha value is -3.13. The molecule has 3 heterocycles. The van der Waals surface area contributed by atoms with Gasteiger partial charge in [-0.05, 0) is 12.5 Å². The van der Waals surface area contributed by atoms with Crippen molar-refractivity contribution in [1.82, 2.24) is 20.5 Å². The second-order valence-electron chi connectivity index (χ2n) is 6.49. The minimum Gasteiger partial charge on any atom is -0.378 e. The second kappa shape index (κ2) is 7.63. The molecule has 0 spiro atoms. The number of carbonyl (C=O) groups excluding carboxylic acids is 1. The number of hydrogen-bond donors (Lipinski definition) is 3. The third-order valence-corrected chi connectivity index (χ3v) is 4.63. The first-order valence-corrected chi connectivity index (χ1v) is 9.00. The molecule has 8 nitrogen and oxygen atoms in total. The highest BCUT2D eigenvalue weighted by Gasteiger charge is 2.18. The number of rotatable bonds is 4. The number of urea groups is 1. The van der Waals surface area contributed by atoms with Gasteiger partial charge >= 0.3 is 6.03 Å². The van der Waals surface area contributed by atoms with Gasteiger partial charge in [0.05, 0.1) is 30.2 Å². The topological polar surface area (TPSA) is 95.2 Å². The van der Waals surface area contributed by atoms with Crippen LogP contribution in [-0.4, -0.2) is 47.5 Å². The van der Waals surface area contributed by atoms with E-state index in [9.17, 15) is 4.79 Å². The molecule has 140 valence electrons. The zero-order valence-corrected chi connectivity index (χ0v) is 15.1. The van der Waals surface area contributed by atoms with Gasteiger partial charge in [0, 0.05) is 25.4 Å². The van der Waals surface area contributed by atoms with E-state index in [1.807, 2.05) is 37.3 Å². The molecule has 0 unspecified atom stereocenters. The fourth-order valence-corrected chi connectivity index (χ4v) is 3.16. The van der Waals surface area contributed by atoms with Crippen LogP contribution in [0.4, 0.5) is 16.4 Å². The Balaban J connectivity index is 1.44. The third kappa shape index (κ3) is 3.85. The van der Waals surface area contributed by atoms with Crippen LogP contribution in [0.5, 0.6) is 0 Å². The van der Waals surface area contributed by atoms with Crippen molar-refractivity contribution in [2.75, 3.05) is 36.5 Å². The molecule has 1 aliphatic heterocycles. The van der Waals surface area contributed by atoms with Gasteiger partial charge in [0.25, 0.3) is 0 Å². The molecule has 27 heavy (non-hydrogen) atoms. The number of carbonyl (C=O) groups is 1. The molecule has 2 amide bonds. The molecule has 0 aliphatic carbocycles. The van der Waals surface area contributed by atoms with Gasteiger partial charge in [-0.2, -0.15) is 5.10 Å². The number of H-pyrrole nitrogens is 1. The van der Waals surface area contributed by atoms with Crippen LogP contribution in [0.25, 0.3) is 10.9 Å². The fraction of sp³-hybridized carbons (Fsp3) is 0.316. The number of fused-ring (bicyclic) bond motifs is 1. The highest BCUT2D eigenvalue weighted by molar-refractivity contribution is 5.94. The molecule has 1 aliphatic rings. The summed E-state index contributed by atoms with van der Waals surface area (Å²) in [4.78, 5) is 18.8. The molecule has 3 aromatic rings. The summed E-state index contributed by atoms with van der Waals surface area (Å²) < 4.78 is 5.39. The monoisotopic (exact) mass is 366 g/mol. The molecule has 0 bridgehead atoms. The molecule has 4 rings (SSSR count). The van der Waals surface area contributed by atoms with Gasteiger partial charge in [-0.3, -0.25) is 10.4 Å². The minimum absolute atomic E-state index is 0.102. The SMILES string of the molecule is C[C@@H](NC(=O)Nc1cc2[nH]nc(N3CCOCC3)c2cn1)c1ccccc1. The van der Waals surface area contributed by atoms with E-state index >= 15 is 0 Å². The van der Waals surface area contributed by atoms with E-state index < -0.39 is 0 Å². The summed E-state index contributed by atoms with van der Waals surface area (Å²) in [7, 11) is 0. The number of nitrogens with one attached hydrogen (secondary N) is 3. The standard InChI is InChI=1S/C19H22N6O2/c1-13(14-5-3-2-4-6-14)21-19(26)22-17-11-16-15(12-20-17)18(24-23-16)25-7-9-27-10-8-25/h2-6,11-13H,7-10H2,1H3,(H,23,24)(H2,20,21,22,26)/t13-/m1/s1. The van der Waals surface area contributed by atoms with E-state index in [0.29, 0.717) is 19.0 Å². The van der Waals surface area contributed by atoms with Crippen molar-refractivity contribution in [3.63, 3.8) is 0 Å². The van der Waals surface area contributed by atoms with Gasteiger partial charge in [-0.25, -0.2) is 9.78 Å². The Labute approximate surface area is 156 Å². The average molecular weight is 366 g/mol. The zero-order valence-electron chi connectivity index (χ0n) is 15.1. The van der Waals surface area contributed by atoms with E-state index in [-0.39, 0.29) is 12.1 Å². The highest BCUT2D eigenvalue weighted by atomic mass is 16.5. The lowest BCUT2D eigenvalue weighted by Crippen LogP contribution is -2.36. The first kappa shape index (κ1) is 17.3. The lowest BCUT2D eigenvalue weighted by molar-refractivity contribution is 0.122. The van der Waals surface area contributed by atoms with Crippen LogP contribution in [0, 0.1) is 0 Å². The van der Waals surface area contributed by atoms with Crippen molar-refractivity contribution in [2.24, 2.45) is 0 Å². The number of amides is 2. The van der Waals surface area contributed by atoms with Crippen LogP contribution < -0.4 is 15.5 Å². The molecule has 1 saturated heterocycles. The van der Waals surface area contributed by atoms with Crippen LogP contribution in [0.2, 0.25) is 0 Å². The van der Waals surface area contributed by atoms with Gasteiger partial charge in [0.15, 0.2) is 5.82 Å². The Bertz CT molecular complexity index is 920. The number of benzene rings is 1. The quantitative estimate of drug-likeness (QED) is 0.660. The summed E-state index contributed by atoms with van der Waals surface area (Å²) in [5, 5.41) is 14.0. The average Bonchev–Trinajstić information content (AvgIpc) is 3.12. The Morgan fingerprint density at radius 2 is 2.04 bits per heavy atom. The molecule has 1 atom stereocenters. The number of nitrogens with zero attached hydrogens (tertiary/aromatic N) is 3. The molecule has 0 radical (unpaired) electrons. The van der Waals surface area contributed by atoms with Crippen molar-refractivity contribution in [1.29, 1.82) is 0 Å². The number of ether oxygens (including phenoxy) is 1. The van der Waals surface area contributed by atoms with E-state index in [0.717, 1.165) is 35.4 Å². The van der Waals surface area contributed by atoms with E-state index in [4.69, 9.17) is 4.74 Å². The minimum atomic E-state index is -0.300. The van der Waals surface area contributed by atoms with Crippen molar-refractivity contribution >= 4 is 28.6 Å². The molecule has 8 heteroatoms. The molecule has 2 aromatic heterocycles. The summed E-state index contributed by atoms with van der Waals surface area (Å²) in [5.41, 5.74) is 1.87. The summed E-state index contributed by atoms with van der Waals surface area (Å²) in [6.07, 6.45) is 1.74. The first-order chi connectivity index (χ1) is 13.2. The number of pyridine rings is 1. The molecular formula is C19H22N6O2. The van der Waals surface area contributed by atoms with Crippen LogP contribution in [-0.2, 0) is 4.74 Å². The normalized spacial score (nSPS) is 15.5. The lowest BCUT2D eigenvalue weighted by atomic mass is 10.1. The molecular weight excluding hydrogens is 344 g/mol. The maximum absolute atomic E-state index is 12.3. The summed E-state index contributed by atoms with van der Waals surface area (Å²) in [6, 6.07) is 11.2. The highest BCUT2D eigenvalue weighted by Crippen LogP contribution is 2.25. The largest absolute Gasteiger partial charge is 0.378 e. The fourth-order valence-electron chi connectivity index (χ4n) is 3.16. The molecule has 0 saturated carbocycles. The Morgan fingerprint density at radius 1 is 1.26 bits per heavy atom. The second-order valence-corrected chi connectivity index (χ2v) is 6.49. The van der Waals surface area contributed by atoms with E-state index in [2.05, 4.69) is 30.7 Å². The van der Waals surface area contributed by atoms with Crippen molar-refractivity contribution < 1.29 is 9.53 Å². The van der Waals surface area contributed by atoms with Crippen LogP contribution in [0.1, 0.15) is 18.5 Å². The van der Waals surface area contributed by atoms with Crippen molar-refractivity contribution in [2.45, 2.75) is 13.0 Å². The number of hydrogen-bond acceptors (Lipinski definition) is 5. The summed E-state index contributed by atoms with van der Waals surface area (Å²) >= 11 is 0. The van der Waals surface area contributed by atoms with E-state index in [1.54, 1.807) is 12.3 Å². The number of aromatic amines is 1. The smallest absolute Gasteiger partial charge is 0.320 e. The number of aromatic nitrogens is 3. The zero-order chi connectivity index (χ0) is 18.6. The summed E-state index contributed by atoms with van der Waals surface area (Å²) in [5.74, 6) is 1.34. The van der Waals surface area contributed by atoms with E-state index in [1.165, 1.54) is 0 Å². The number of anilines is 2. The van der Waals surface area contributed by atoms with Gasteiger partial charge < -0.3 is 15.0 Å². The Kier molecular flexibility index (Phi) is 4.88. The van der Waals surface area contributed by atoms with Gasteiger partial charge in [0.1, 0.15) is 5.82 Å². The molecule has 1 fully saturated rings. The van der Waals surface area contributed by atoms with Gasteiger partial charge in [-0.1, -0.05) is 30.3 Å². The van der Waals surface area contributed by atoms with Crippen LogP contribution >= 0.6 is 0 Å². The summed E-state index contributed by atoms with van der Waals surface area (Å²) in [6.45, 7) is 4.94. The van der Waals surface area contributed by atoms with Gasteiger partial charge in [-0.15, -0.1) is 0 Å². The van der Waals surface area contributed by atoms with Crippen molar-refractivity contribution in [3.8, 4) is 0 Å². The van der Waals surface area contributed by atoms with Crippen LogP contribution in [0.15, 0.2) is 42.6 Å². The van der Waals surface area contributed by atoms with Gasteiger partial charge in [0.2, 0.25) is 0 Å². The predicted octanol–water partition coefficient (Wildman–Crippen LogP) is 2.68. The lowest BCUT2D eigenvalue weighted by Gasteiger charge is -2.26.